The van der Waals surface area contributed by atoms with Crippen LogP contribution < -0.4 is 20.7 Å². The molecule has 2 heterocycles. The number of hydrogen-bond acceptors (Lipinski definition) is 7. The topological polar surface area (TPSA) is 96.3 Å². The fourth-order valence-corrected chi connectivity index (χ4v) is 4.12. The molecule has 0 unspecified atom stereocenters. The van der Waals surface area contributed by atoms with Crippen LogP contribution >= 0.6 is 0 Å². The van der Waals surface area contributed by atoms with E-state index in [1.54, 1.807) is 19.4 Å². The SMILES string of the molecule is C=CC(=O)Nc1cc(Nc2ncc(C)c(-c3cn(C)c4ccccc34)n2)c(OC)cc1NCCN(C)C. The van der Waals surface area contributed by atoms with Crippen LogP contribution in [0, 0.1) is 6.92 Å². The number of hydrogen-bond donors (Lipinski definition) is 3. The predicted octanol–water partition coefficient (Wildman–Crippen LogP) is 4.79. The van der Waals surface area contributed by atoms with E-state index < -0.39 is 0 Å². The van der Waals surface area contributed by atoms with Crippen molar-refractivity contribution in [1.82, 2.24) is 19.4 Å². The summed E-state index contributed by atoms with van der Waals surface area (Å²) in [6.07, 6.45) is 5.12. The minimum atomic E-state index is -0.309. The highest BCUT2D eigenvalue weighted by Gasteiger charge is 2.16. The Morgan fingerprint density at radius 3 is 2.70 bits per heavy atom. The summed E-state index contributed by atoms with van der Waals surface area (Å²) in [6.45, 7) is 7.08. The molecule has 0 aliphatic heterocycles. The van der Waals surface area contributed by atoms with Gasteiger partial charge < -0.3 is 30.2 Å². The van der Waals surface area contributed by atoms with Crippen molar-refractivity contribution in [3.8, 4) is 17.0 Å². The molecule has 9 nitrogen and oxygen atoms in total. The van der Waals surface area contributed by atoms with Gasteiger partial charge in [0.15, 0.2) is 0 Å². The summed E-state index contributed by atoms with van der Waals surface area (Å²) in [4.78, 5) is 23.6. The molecule has 0 fully saturated rings. The maximum atomic E-state index is 12.1. The Morgan fingerprint density at radius 2 is 1.97 bits per heavy atom. The Hall–Kier alpha value is -4.37. The third kappa shape index (κ3) is 5.73. The van der Waals surface area contributed by atoms with Crippen molar-refractivity contribution >= 4 is 39.8 Å². The average Bonchev–Trinajstić information content (AvgIpc) is 3.22. The van der Waals surface area contributed by atoms with Gasteiger partial charge in [0.1, 0.15) is 5.75 Å². The number of likely N-dealkylation sites (N-methyl/N-ethyl adjacent to an activating group) is 1. The minimum Gasteiger partial charge on any atom is -0.494 e. The number of nitrogens with one attached hydrogen (secondary N) is 3. The molecule has 37 heavy (non-hydrogen) atoms. The number of anilines is 4. The molecule has 0 radical (unpaired) electrons. The third-order valence-corrected chi connectivity index (χ3v) is 6.03. The van der Waals surface area contributed by atoms with Gasteiger partial charge in [0.25, 0.3) is 0 Å². The number of methoxy groups -OCH3 is 1. The van der Waals surface area contributed by atoms with Gasteiger partial charge in [-0.3, -0.25) is 4.79 Å². The number of para-hydroxylation sites is 1. The summed E-state index contributed by atoms with van der Waals surface area (Å²) in [5, 5.41) is 10.6. The van der Waals surface area contributed by atoms with E-state index in [1.165, 1.54) is 6.08 Å². The second kappa shape index (κ2) is 11.1. The Bertz CT molecular complexity index is 1440. The standard InChI is InChI=1S/C28H33N7O2/c1-7-26(36)31-22-14-23(25(37-6)15-21(22)29-12-13-34(3)4)32-28-30-16-18(2)27(33-28)20-17-35(5)24-11-9-8-10-19(20)24/h7-11,14-17,29H,1,12-13H2,2-6H3,(H,31,36)(H,30,32,33). The van der Waals surface area contributed by atoms with Crippen LogP contribution in [0.1, 0.15) is 5.56 Å². The van der Waals surface area contributed by atoms with Gasteiger partial charge in [0.2, 0.25) is 11.9 Å². The summed E-state index contributed by atoms with van der Waals surface area (Å²) < 4.78 is 7.76. The van der Waals surface area contributed by atoms with E-state index in [-0.39, 0.29) is 5.91 Å². The van der Waals surface area contributed by atoms with Gasteiger partial charge >= 0.3 is 0 Å². The van der Waals surface area contributed by atoms with Crippen molar-refractivity contribution in [2.45, 2.75) is 6.92 Å². The highest BCUT2D eigenvalue weighted by molar-refractivity contribution is 6.02. The number of fused-ring (bicyclic) bond motifs is 1. The lowest BCUT2D eigenvalue weighted by molar-refractivity contribution is -0.111. The van der Waals surface area contributed by atoms with Crippen molar-refractivity contribution in [3.63, 3.8) is 0 Å². The first-order valence-corrected chi connectivity index (χ1v) is 12.0. The zero-order valence-electron chi connectivity index (χ0n) is 21.9. The maximum Gasteiger partial charge on any atom is 0.247 e. The summed E-state index contributed by atoms with van der Waals surface area (Å²) in [5.41, 5.74) is 5.92. The molecule has 1 amide bonds. The van der Waals surface area contributed by atoms with Crippen molar-refractivity contribution < 1.29 is 9.53 Å². The van der Waals surface area contributed by atoms with Crippen LogP contribution in [-0.4, -0.2) is 59.6 Å². The van der Waals surface area contributed by atoms with Crippen LogP contribution in [0.4, 0.5) is 23.0 Å². The number of carbonyl (C=O) groups excluding carboxylic acids is 1. The van der Waals surface area contributed by atoms with Crippen molar-refractivity contribution in [2.24, 2.45) is 7.05 Å². The quantitative estimate of drug-likeness (QED) is 0.270. The highest BCUT2D eigenvalue weighted by Crippen LogP contribution is 2.37. The number of carbonyl (C=O) groups is 1. The van der Waals surface area contributed by atoms with Crippen LogP contribution in [0.3, 0.4) is 0 Å². The fourth-order valence-electron chi connectivity index (χ4n) is 4.12. The summed E-state index contributed by atoms with van der Waals surface area (Å²) in [7, 11) is 7.64. The molecule has 0 saturated heterocycles. The lowest BCUT2D eigenvalue weighted by atomic mass is 10.1. The van der Waals surface area contributed by atoms with Crippen molar-refractivity contribution in [2.75, 3.05) is 50.2 Å². The number of aromatic nitrogens is 3. The molecule has 0 spiro atoms. The minimum absolute atomic E-state index is 0.309. The monoisotopic (exact) mass is 499 g/mol. The van der Waals surface area contributed by atoms with Gasteiger partial charge in [0, 0.05) is 55.1 Å². The van der Waals surface area contributed by atoms with Gasteiger partial charge in [-0.05, 0) is 44.8 Å². The molecule has 9 heteroatoms. The molecular formula is C28H33N7O2. The number of ether oxygens (including phenoxy) is 1. The summed E-state index contributed by atoms with van der Waals surface area (Å²) in [6, 6.07) is 11.9. The van der Waals surface area contributed by atoms with Crippen LogP contribution in [0.5, 0.6) is 5.75 Å². The van der Waals surface area contributed by atoms with E-state index >= 15 is 0 Å². The molecule has 3 N–H and O–H groups in total. The highest BCUT2D eigenvalue weighted by atomic mass is 16.5. The smallest absolute Gasteiger partial charge is 0.247 e. The largest absolute Gasteiger partial charge is 0.494 e. The molecule has 0 aliphatic rings. The van der Waals surface area contributed by atoms with E-state index in [0.29, 0.717) is 29.6 Å². The number of rotatable bonds is 10. The molecule has 2 aromatic heterocycles. The first-order valence-electron chi connectivity index (χ1n) is 12.0. The van der Waals surface area contributed by atoms with Crippen molar-refractivity contribution in [1.29, 1.82) is 0 Å². The Labute approximate surface area is 217 Å². The first kappa shape index (κ1) is 25.7. The summed E-state index contributed by atoms with van der Waals surface area (Å²) >= 11 is 0. The molecule has 192 valence electrons. The predicted molar refractivity (Wildman–Crippen MR) is 151 cm³/mol. The molecule has 0 bridgehead atoms. The molecule has 0 atom stereocenters. The molecule has 4 aromatic rings. The zero-order valence-corrected chi connectivity index (χ0v) is 21.9. The van der Waals surface area contributed by atoms with Crippen LogP contribution in [0.25, 0.3) is 22.2 Å². The van der Waals surface area contributed by atoms with Gasteiger partial charge in [-0.25, -0.2) is 9.97 Å². The normalized spacial score (nSPS) is 11.0. The first-order chi connectivity index (χ1) is 17.8. The van der Waals surface area contributed by atoms with Gasteiger partial charge in [-0.15, -0.1) is 0 Å². The Kier molecular flexibility index (Phi) is 7.74. The third-order valence-electron chi connectivity index (χ3n) is 6.03. The van der Waals surface area contributed by atoms with E-state index in [4.69, 9.17) is 9.72 Å². The Balaban J connectivity index is 1.71. The van der Waals surface area contributed by atoms with Crippen LogP contribution in [0.15, 0.2) is 61.4 Å². The lowest BCUT2D eigenvalue weighted by Gasteiger charge is -2.19. The van der Waals surface area contributed by atoms with E-state index in [0.717, 1.165) is 40.0 Å². The van der Waals surface area contributed by atoms with Gasteiger partial charge in [0.05, 0.1) is 29.9 Å². The van der Waals surface area contributed by atoms with E-state index in [1.807, 2.05) is 46.3 Å². The molecular weight excluding hydrogens is 466 g/mol. The zero-order chi connectivity index (χ0) is 26.5. The number of amides is 1. The number of benzene rings is 2. The molecule has 2 aromatic carbocycles. The number of nitrogens with zero attached hydrogens (tertiary/aromatic N) is 4. The second-order valence-corrected chi connectivity index (χ2v) is 9.04. The molecule has 0 aliphatic carbocycles. The van der Waals surface area contributed by atoms with Gasteiger partial charge in [-0.1, -0.05) is 24.8 Å². The number of aryl methyl sites for hydroxylation is 2. The molecule has 0 saturated carbocycles. The second-order valence-electron chi connectivity index (χ2n) is 9.04. The van der Waals surface area contributed by atoms with Crippen LogP contribution in [0.2, 0.25) is 0 Å². The van der Waals surface area contributed by atoms with E-state index in [2.05, 4.69) is 55.3 Å². The maximum absolute atomic E-state index is 12.1. The van der Waals surface area contributed by atoms with Crippen LogP contribution in [-0.2, 0) is 11.8 Å². The Morgan fingerprint density at radius 1 is 1.19 bits per heavy atom. The molecule has 4 rings (SSSR count). The van der Waals surface area contributed by atoms with E-state index in [9.17, 15) is 4.79 Å². The fraction of sp³-hybridized carbons (Fsp3) is 0.250. The average molecular weight is 500 g/mol. The van der Waals surface area contributed by atoms with Gasteiger partial charge in [-0.2, -0.15) is 0 Å². The summed E-state index contributed by atoms with van der Waals surface area (Å²) in [5.74, 6) is 0.692. The lowest BCUT2D eigenvalue weighted by Crippen LogP contribution is -2.21. The van der Waals surface area contributed by atoms with Crippen molar-refractivity contribution in [3.05, 3.63) is 67.0 Å².